The Labute approximate surface area is 107 Å². The molecule has 0 unspecified atom stereocenters. The molecule has 96 valence electrons. The summed E-state index contributed by atoms with van der Waals surface area (Å²) in [5.41, 5.74) is 0.604. The van der Waals surface area contributed by atoms with Crippen LogP contribution < -0.4 is 4.74 Å². The van der Waals surface area contributed by atoms with Gasteiger partial charge in [0, 0.05) is 18.1 Å². The summed E-state index contributed by atoms with van der Waals surface area (Å²) < 4.78 is 10.5. The monoisotopic (exact) mass is 258 g/mol. The SMILES string of the molecule is COCCOc1nc(C(C)(C)C)nc(Cl)c1C. The van der Waals surface area contributed by atoms with Gasteiger partial charge in [0.15, 0.2) is 0 Å². The van der Waals surface area contributed by atoms with Gasteiger partial charge in [0.25, 0.3) is 0 Å². The second-order valence-electron chi connectivity index (χ2n) is 4.86. The molecule has 0 amide bonds. The van der Waals surface area contributed by atoms with E-state index in [4.69, 9.17) is 21.1 Å². The van der Waals surface area contributed by atoms with Crippen LogP contribution >= 0.6 is 11.6 Å². The lowest BCUT2D eigenvalue weighted by atomic mass is 9.96. The Bertz CT molecular complexity index is 389. The summed E-state index contributed by atoms with van der Waals surface area (Å²) >= 11 is 6.08. The number of nitrogens with zero attached hydrogens (tertiary/aromatic N) is 2. The highest BCUT2D eigenvalue weighted by Crippen LogP contribution is 2.27. The first-order valence-electron chi connectivity index (χ1n) is 5.52. The third-order valence-electron chi connectivity index (χ3n) is 2.24. The minimum Gasteiger partial charge on any atom is -0.475 e. The molecule has 1 heterocycles. The van der Waals surface area contributed by atoms with Gasteiger partial charge in [-0.15, -0.1) is 0 Å². The summed E-state index contributed by atoms with van der Waals surface area (Å²) in [6.07, 6.45) is 0. The Balaban J connectivity index is 2.99. The molecule has 0 fully saturated rings. The highest BCUT2D eigenvalue weighted by molar-refractivity contribution is 6.30. The van der Waals surface area contributed by atoms with Gasteiger partial charge >= 0.3 is 0 Å². The third kappa shape index (κ3) is 3.82. The van der Waals surface area contributed by atoms with Gasteiger partial charge in [-0.05, 0) is 6.92 Å². The van der Waals surface area contributed by atoms with Crippen molar-refractivity contribution < 1.29 is 9.47 Å². The van der Waals surface area contributed by atoms with Gasteiger partial charge in [-0.1, -0.05) is 32.4 Å². The van der Waals surface area contributed by atoms with E-state index in [0.29, 0.717) is 30.1 Å². The van der Waals surface area contributed by atoms with Gasteiger partial charge in [-0.2, -0.15) is 4.98 Å². The summed E-state index contributed by atoms with van der Waals surface area (Å²) in [6.45, 7) is 8.92. The van der Waals surface area contributed by atoms with Crippen molar-refractivity contribution in [2.75, 3.05) is 20.3 Å². The van der Waals surface area contributed by atoms with E-state index in [1.165, 1.54) is 0 Å². The molecule has 0 bridgehead atoms. The van der Waals surface area contributed by atoms with Gasteiger partial charge in [0.05, 0.1) is 6.61 Å². The molecule has 1 aromatic heterocycles. The smallest absolute Gasteiger partial charge is 0.221 e. The minimum absolute atomic E-state index is 0.156. The van der Waals surface area contributed by atoms with Crippen LogP contribution in [-0.2, 0) is 10.2 Å². The normalized spacial score (nSPS) is 11.6. The number of hydrogen-bond acceptors (Lipinski definition) is 4. The number of aromatic nitrogens is 2. The average Bonchev–Trinajstić information content (AvgIpc) is 2.22. The van der Waals surface area contributed by atoms with Crippen molar-refractivity contribution in [2.45, 2.75) is 33.1 Å². The molecule has 0 atom stereocenters. The highest BCUT2D eigenvalue weighted by atomic mass is 35.5. The summed E-state index contributed by atoms with van der Waals surface area (Å²) in [5, 5.41) is 0.442. The van der Waals surface area contributed by atoms with Crippen LogP contribution in [0.5, 0.6) is 5.88 Å². The maximum atomic E-state index is 6.08. The number of ether oxygens (including phenoxy) is 2. The molecular formula is C12H19ClN2O2. The Hall–Kier alpha value is -0.870. The predicted octanol–water partition coefficient (Wildman–Crippen LogP) is 2.76. The first-order valence-corrected chi connectivity index (χ1v) is 5.90. The summed E-state index contributed by atoms with van der Waals surface area (Å²) in [7, 11) is 1.63. The second kappa shape index (κ2) is 5.65. The van der Waals surface area contributed by atoms with E-state index in [0.717, 1.165) is 5.56 Å². The lowest BCUT2D eigenvalue weighted by Gasteiger charge is -2.18. The zero-order chi connectivity index (χ0) is 13.1. The van der Waals surface area contributed by atoms with Crippen molar-refractivity contribution in [2.24, 2.45) is 0 Å². The van der Waals surface area contributed by atoms with Gasteiger partial charge in [0.2, 0.25) is 5.88 Å². The topological polar surface area (TPSA) is 44.2 Å². The van der Waals surface area contributed by atoms with Crippen molar-refractivity contribution >= 4 is 11.6 Å². The van der Waals surface area contributed by atoms with Gasteiger partial charge in [-0.25, -0.2) is 4.98 Å². The summed E-state index contributed by atoms with van der Waals surface area (Å²) in [5.74, 6) is 1.22. The standard InChI is InChI=1S/C12H19ClN2O2/c1-8-9(13)14-11(12(2,3)4)15-10(8)17-7-6-16-5/h6-7H2,1-5H3. The van der Waals surface area contributed by atoms with Crippen molar-refractivity contribution in [3.63, 3.8) is 0 Å². The number of rotatable bonds is 4. The molecule has 0 aliphatic carbocycles. The molecule has 0 saturated carbocycles. The van der Waals surface area contributed by atoms with Crippen LogP contribution in [0.25, 0.3) is 0 Å². The van der Waals surface area contributed by atoms with E-state index in [2.05, 4.69) is 9.97 Å². The van der Waals surface area contributed by atoms with Crippen molar-refractivity contribution in [3.8, 4) is 5.88 Å². The molecule has 0 aromatic carbocycles. The zero-order valence-corrected chi connectivity index (χ0v) is 11.8. The summed E-state index contributed by atoms with van der Waals surface area (Å²) in [6, 6.07) is 0. The molecule has 0 spiro atoms. The molecule has 0 aliphatic heterocycles. The number of halogens is 1. The van der Waals surface area contributed by atoms with E-state index in [1.54, 1.807) is 7.11 Å². The molecule has 1 rings (SSSR count). The van der Waals surface area contributed by atoms with Crippen LogP contribution in [0.15, 0.2) is 0 Å². The first kappa shape index (κ1) is 14.2. The van der Waals surface area contributed by atoms with E-state index in [1.807, 2.05) is 27.7 Å². The summed E-state index contributed by atoms with van der Waals surface area (Å²) in [4.78, 5) is 8.68. The van der Waals surface area contributed by atoms with Gasteiger partial charge < -0.3 is 9.47 Å². The molecule has 0 saturated heterocycles. The molecule has 17 heavy (non-hydrogen) atoms. The van der Waals surface area contributed by atoms with Crippen molar-refractivity contribution in [1.82, 2.24) is 9.97 Å². The van der Waals surface area contributed by atoms with Crippen LogP contribution in [0.1, 0.15) is 32.2 Å². The fourth-order valence-corrected chi connectivity index (χ4v) is 1.33. The fraction of sp³-hybridized carbons (Fsp3) is 0.667. The van der Waals surface area contributed by atoms with E-state index < -0.39 is 0 Å². The molecule has 0 aliphatic rings. The van der Waals surface area contributed by atoms with Crippen LogP contribution in [-0.4, -0.2) is 30.3 Å². The molecule has 1 aromatic rings. The van der Waals surface area contributed by atoms with Crippen molar-refractivity contribution in [1.29, 1.82) is 0 Å². The lowest BCUT2D eigenvalue weighted by molar-refractivity contribution is 0.143. The van der Waals surface area contributed by atoms with Crippen molar-refractivity contribution in [3.05, 3.63) is 16.5 Å². The Kier molecular flexibility index (Phi) is 4.71. The Morgan fingerprint density at radius 1 is 1.18 bits per heavy atom. The molecule has 0 radical (unpaired) electrons. The highest BCUT2D eigenvalue weighted by Gasteiger charge is 2.21. The predicted molar refractivity (Wildman–Crippen MR) is 67.9 cm³/mol. The average molecular weight is 259 g/mol. The number of hydrogen-bond donors (Lipinski definition) is 0. The van der Waals surface area contributed by atoms with Gasteiger partial charge in [-0.3, -0.25) is 0 Å². The third-order valence-corrected chi connectivity index (χ3v) is 2.61. The fourth-order valence-electron chi connectivity index (χ4n) is 1.17. The quantitative estimate of drug-likeness (QED) is 0.615. The van der Waals surface area contributed by atoms with Crippen LogP contribution in [0.2, 0.25) is 5.15 Å². The maximum Gasteiger partial charge on any atom is 0.221 e. The van der Waals surface area contributed by atoms with Crippen LogP contribution in [0, 0.1) is 6.92 Å². The van der Waals surface area contributed by atoms with E-state index in [-0.39, 0.29) is 5.41 Å². The Morgan fingerprint density at radius 2 is 1.82 bits per heavy atom. The van der Waals surface area contributed by atoms with E-state index >= 15 is 0 Å². The largest absolute Gasteiger partial charge is 0.475 e. The molecule has 0 N–H and O–H groups in total. The lowest BCUT2D eigenvalue weighted by Crippen LogP contribution is -2.18. The van der Waals surface area contributed by atoms with Crippen LogP contribution in [0.4, 0.5) is 0 Å². The second-order valence-corrected chi connectivity index (χ2v) is 5.22. The zero-order valence-electron chi connectivity index (χ0n) is 11.0. The first-order chi connectivity index (χ1) is 7.86. The maximum absolute atomic E-state index is 6.08. The van der Waals surface area contributed by atoms with E-state index in [9.17, 15) is 0 Å². The molecule has 4 nitrogen and oxygen atoms in total. The number of methoxy groups -OCH3 is 1. The Morgan fingerprint density at radius 3 is 2.35 bits per heavy atom. The van der Waals surface area contributed by atoms with Gasteiger partial charge in [0.1, 0.15) is 17.6 Å². The van der Waals surface area contributed by atoms with Crippen LogP contribution in [0.3, 0.4) is 0 Å². The molecular weight excluding hydrogens is 240 g/mol. The minimum atomic E-state index is -0.156. The molecule has 5 heteroatoms.